The summed E-state index contributed by atoms with van der Waals surface area (Å²) in [6.45, 7) is 3.63. The predicted octanol–water partition coefficient (Wildman–Crippen LogP) is 3.38. The van der Waals surface area contributed by atoms with Crippen LogP contribution in [0, 0.1) is 0 Å². The highest BCUT2D eigenvalue weighted by Crippen LogP contribution is 2.39. The summed E-state index contributed by atoms with van der Waals surface area (Å²) in [6, 6.07) is 5.33. The quantitative estimate of drug-likeness (QED) is 0.445. The number of anilines is 2. The first-order valence-corrected chi connectivity index (χ1v) is 9.47. The number of carbonyl (C=O) groups is 1. The van der Waals surface area contributed by atoms with E-state index >= 15 is 0 Å². The van der Waals surface area contributed by atoms with E-state index in [2.05, 4.69) is 26.6 Å². The molecule has 2 aromatic rings. The van der Waals surface area contributed by atoms with E-state index in [1.54, 1.807) is 6.92 Å². The van der Waals surface area contributed by atoms with Crippen LogP contribution in [0.1, 0.15) is 42.2 Å². The minimum absolute atomic E-state index is 0.00458. The predicted molar refractivity (Wildman–Crippen MR) is 108 cm³/mol. The van der Waals surface area contributed by atoms with Crippen LogP contribution in [0.5, 0.6) is 0 Å². The van der Waals surface area contributed by atoms with Gasteiger partial charge in [-0.05, 0) is 43.6 Å². The van der Waals surface area contributed by atoms with Crippen molar-refractivity contribution in [1.29, 1.82) is 0 Å². The van der Waals surface area contributed by atoms with Gasteiger partial charge in [0.15, 0.2) is 11.2 Å². The van der Waals surface area contributed by atoms with Gasteiger partial charge in [-0.1, -0.05) is 25.1 Å². The lowest BCUT2D eigenvalue weighted by molar-refractivity contribution is -0.173. The summed E-state index contributed by atoms with van der Waals surface area (Å²) >= 11 is 5.18. The van der Waals surface area contributed by atoms with Crippen molar-refractivity contribution in [2.45, 2.75) is 44.9 Å². The second kappa shape index (κ2) is 8.27. The molecule has 3 rings (SSSR count). The normalized spacial score (nSPS) is 18.4. The molecule has 156 valence electrons. The molecule has 2 atom stereocenters. The number of para-hydroxylation sites is 1. The lowest BCUT2D eigenvalue weighted by Gasteiger charge is -2.31. The number of carbonyl (C=O) groups excluding carboxylic acids is 1. The number of aromatic nitrogens is 2. The number of halogens is 3. The average Bonchev–Trinajstić information content (AvgIpc) is 3.08. The Hall–Kier alpha value is -2.82. The van der Waals surface area contributed by atoms with Crippen LogP contribution >= 0.6 is 12.2 Å². The fourth-order valence-electron chi connectivity index (χ4n) is 3.19. The number of hydrazine groups is 1. The number of alkyl halides is 3. The highest BCUT2D eigenvalue weighted by molar-refractivity contribution is 7.80. The molecule has 2 unspecified atom stereocenters. The number of hydrogen-bond donors (Lipinski definition) is 4. The lowest BCUT2D eigenvalue weighted by atomic mass is 10.1. The molecule has 0 spiro atoms. The molecule has 4 N–H and O–H groups in total. The van der Waals surface area contributed by atoms with Crippen LogP contribution in [0.4, 0.5) is 24.7 Å². The smallest absolute Gasteiger partial charge is 0.367 e. The Morgan fingerprint density at radius 1 is 1.34 bits per heavy atom. The zero-order valence-electron chi connectivity index (χ0n) is 15.8. The van der Waals surface area contributed by atoms with Crippen LogP contribution in [-0.2, 0) is 6.42 Å². The Labute approximate surface area is 171 Å². The Morgan fingerprint density at radius 2 is 2.07 bits per heavy atom. The van der Waals surface area contributed by atoms with Crippen LogP contribution < -0.4 is 21.5 Å². The van der Waals surface area contributed by atoms with Crippen molar-refractivity contribution in [2.24, 2.45) is 0 Å². The van der Waals surface area contributed by atoms with Crippen LogP contribution in [0.25, 0.3) is 0 Å². The minimum Gasteiger partial charge on any atom is -0.367 e. The van der Waals surface area contributed by atoms with Crippen molar-refractivity contribution >= 4 is 34.7 Å². The largest absolute Gasteiger partial charge is 0.410 e. The molecule has 1 aliphatic rings. The van der Waals surface area contributed by atoms with Gasteiger partial charge >= 0.3 is 6.18 Å². The summed E-state index contributed by atoms with van der Waals surface area (Å²) in [5, 5.41) is 9.80. The zero-order valence-corrected chi connectivity index (χ0v) is 16.6. The molecule has 0 saturated heterocycles. The van der Waals surface area contributed by atoms with E-state index in [1.807, 2.05) is 31.2 Å². The number of rotatable bonds is 3. The van der Waals surface area contributed by atoms with Crippen molar-refractivity contribution in [2.75, 3.05) is 10.6 Å². The van der Waals surface area contributed by atoms with Gasteiger partial charge in [0.2, 0.25) is 0 Å². The third-order valence-corrected chi connectivity index (χ3v) is 4.81. The highest BCUT2D eigenvalue weighted by atomic mass is 32.1. The van der Waals surface area contributed by atoms with Gasteiger partial charge in [0.1, 0.15) is 11.4 Å². The molecular formula is C18H21F3N6OS. The molecule has 0 aliphatic carbocycles. The SMILES string of the molecule is CCc1ccccc1NC(=S)NNC(=O)c1cnn2c1NC(C)CC2C(F)(F)F. The molecule has 1 aliphatic heterocycles. The van der Waals surface area contributed by atoms with E-state index in [0.717, 1.165) is 28.6 Å². The summed E-state index contributed by atoms with van der Waals surface area (Å²) < 4.78 is 40.7. The van der Waals surface area contributed by atoms with E-state index in [9.17, 15) is 18.0 Å². The fraction of sp³-hybridized carbons (Fsp3) is 0.389. The van der Waals surface area contributed by atoms with E-state index < -0.39 is 24.2 Å². The summed E-state index contributed by atoms with van der Waals surface area (Å²) in [5.74, 6) is -0.623. The van der Waals surface area contributed by atoms with Gasteiger partial charge < -0.3 is 10.6 Å². The van der Waals surface area contributed by atoms with E-state index in [-0.39, 0.29) is 22.9 Å². The summed E-state index contributed by atoms with van der Waals surface area (Å²) in [4.78, 5) is 12.5. The first-order chi connectivity index (χ1) is 13.7. The number of hydrogen-bond acceptors (Lipinski definition) is 4. The second-order valence-corrected chi connectivity index (χ2v) is 7.14. The molecule has 1 aromatic heterocycles. The number of nitrogens with one attached hydrogen (secondary N) is 4. The zero-order chi connectivity index (χ0) is 21.2. The molecule has 1 amide bonds. The van der Waals surface area contributed by atoms with Crippen molar-refractivity contribution in [1.82, 2.24) is 20.6 Å². The molecule has 7 nitrogen and oxygen atoms in total. The molecule has 29 heavy (non-hydrogen) atoms. The number of amides is 1. The van der Waals surface area contributed by atoms with Gasteiger partial charge in [-0.15, -0.1) is 0 Å². The first-order valence-electron chi connectivity index (χ1n) is 9.06. The molecule has 0 fully saturated rings. The van der Waals surface area contributed by atoms with Crippen molar-refractivity contribution in [3.05, 3.63) is 41.6 Å². The molecule has 0 saturated carbocycles. The Kier molecular flexibility index (Phi) is 5.96. The maximum atomic E-state index is 13.3. The van der Waals surface area contributed by atoms with Crippen molar-refractivity contribution in [3.63, 3.8) is 0 Å². The monoisotopic (exact) mass is 426 g/mol. The Morgan fingerprint density at radius 3 is 2.76 bits per heavy atom. The summed E-state index contributed by atoms with van der Waals surface area (Å²) in [7, 11) is 0. The number of thiocarbonyl (C=S) groups is 1. The van der Waals surface area contributed by atoms with Crippen LogP contribution in [-0.4, -0.2) is 33.0 Å². The van der Waals surface area contributed by atoms with Gasteiger partial charge in [-0.2, -0.15) is 18.3 Å². The maximum absolute atomic E-state index is 13.3. The number of aryl methyl sites for hydroxylation is 1. The number of fused-ring (bicyclic) bond motifs is 1. The lowest BCUT2D eigenvalue weighted by Crippen LogP contribution is -2.44. The van der Waals surface area contributed by atoms with E-state index in [0.29, 0.717) is 0 Å². The van der Waals surface area contributed by atoms with Gasteiger partial charge in [-0.25, -0.2) is 4.68 Å². The Balaban J connectivity index is 1.68. The van der Waals surface area contributed by atoms with Crippen molar-refractivity contribution < 1.29 is 18.0 Å². The third-order valence-electron chi connectivity index (χ3n) is 4.61. The van der Waals surface area contributed by atoms with Gasteiger partial charge in [0.05, 0.1) is 6.20 Å². The average molecular weight is 426 g/mol. The van der Waals surface area contributed by atoms with Gasteiger partial charge in [0.25, 0.3) is 5.91 Å². The Bertz CT molecular complexity index is 913. The molecule has 0 bridgehead atoms. The minimum atomic E-state index is -4.46. The second-order valence-electron chi connectivity index (χ2n) is 6.73. The number of nitrogens with zero attached hydrogens (tertiary/aromatic N) is 2. The highest BCUT2D eigenvalue weighted by Gasteiger charge is 2.46. The maximum Gasteiger partial charge on any atom is 0.410 e. The van der Waals surface area contributed by atoms with Crippen LogP contribution in [0.15, 0.2) is 30.5 Å². The molecule has 11 heteroatoms. The molecular weight excluding hydrogens is 405 g/mol. The first kappa shape index (κ1) is 20.9. The molecule has 0 radical (unpaired) electrons. The third kappa shape index (κ3) is 4.61. The van der Waals surface area contributed by atoms with Gasteiger partial charge in [0, 0.05) is 11.7 Å². The van der Waals surface area contributed by atoms with Crippen LogP contribution in [0.2, 0.25) is 0 Å². The molecule has 2 heterocycles. The van der Waals surface area contributed by atoms with E-state index in [1.165, 1.54) is 0 Å². The van der Waals surface area contributed by atoms with E-state index in [4.69, 9.17) is 12.2 Å². The van der Waals surface area contributed by atoms with Crippen molar-refractivity contribution in [3.8, 4) is 0 Å². The van der Waals surface area contributed by atoms with Crippen LogP contribution in [0.3, 0.4) is 0 Å². The summed E-state index contributed by atoms with van der Waals surface area (Å²) in [5.41, 5.74) is 6.80. The fourth-order valence-corrected chi connectivity index (χ4v) is 3.35. The topological polar surface area (TPSA) is 83.0 Å². The number of benzene rings is 1. The standard InChI is InChI=1S/C18H21F3N6OS/c1-3-11-6-4-5-7-13(11)24-17(29)26-25-16(28)12-9-22-27-14(18(19,20)21)8-10(2)23-15(12)27/h4-7,9-10,14,23H,3,8H2,1-2H3,(H,25,28)(H2,24,26,29). The summed E-state index contributed by atoms with van der Waals surface area (Å²) in [6.07, 6.45) is -2.71. The van der Waals surface area contributed by atoms with Gasteiger partial charge in [-0.3, -0.25) is 15.6 Å². The molecule has 1 aromatic carbocycles.